The average Bonchev–Trinajstić information content (AvgIpc) is 3.17. The summed E-state index contributed by atoms with van der Waals surface area (Å²) < 4.78 is 7.63. The lowest BCUT2D eigenvalue weighted by atomic mass is 10.2. The lowest BCUT2D eigenvalue weighted by molar-refractivity contribution is -0.127. The van der Waals surface area contributed by atoms with Crippen molar-refractivity contribution in [1.82, 2.24) is 9.88 Å². The highest BCUT2D eigenvalue weighted by molar-refractivity contribution is 6.35. The van der Waals surface area contributed by atoms with Crippen molar-refractivity contribution in [1.29, 1.82) is 0 Å². The Morgan fingerprint density at radius 3 is 2.46 bits per heavy atom. The third kappa shape index (κ3) is 4.59. The zero-order chi connectivity index (χ0) is 18.5. The summed E-state index contributed by atoms with van der Waals surface area (Å²) >= 11 is 11.9. The second-order valence-electron chi connectivity index (χ2n) is 5.81. The van der Waals surface area contributed by atoms with Gasteiger partial charge in [-0.1, -0.05) is 35.3 Å². The monoisotopic (exact) mass is 388 g/mol. The van der Waals surface area contributed by atoms with Gasteiger partial charge in [-0.2, -0.15) is 0 Å². The largest absolute Gasteiger partial charge is 0.479 e. The second-order valence-corrected chi connectivity index (χ2v) is 6.65. The molecule has 0 radical (unpaired) electrons. The van der Waals surface area contributed by atoms with Gasteiger partial charge in [0, 0.05) is 29.6 Å². The molecule has 2 aromatic carbocycles. The zero-order valence-corrected chi connectivity index (χ0v) is 15.7. The van der Waals surface area contributed by atoms with Gasteiger partial charge in [-0.3, -0.25) is 4.79 Å². The van der Waals surface area contributed by atoms with Gasteiger partial charge in [0.25, 0.3) is 5.91 Å². The molecule has 1 heterocycles. The summed E-state index contributed by atoms with van der Waals surface area (Å²) in [5.74, 6) is 0.209. The van der Waals surface area contributed by atoms with Crippen LogP contribution in [0, 0.1) is 0 Å². The maximum atomic E-state index is 12.2. The highest BCUT2D eigenvalue weighted by atomic mass is 35.5. The van der Waals surface area contributed by atoms with E-state index in [0.29, 0.717) is 22.3 Å². The number of benzene rings is 2. The molecule has 1 unspecified atom stereocenters. The summed E-state index contributed by atoms with van der Waals surface area (Å²) in [5.41, 5.74) is 2.07. The summed E-state index contributed by atoms with van der Waals surface area (Å²) in [5, 5.41) is 3.75. The van der Waals surface area contributed by atoms with E-state index in [2.05, 4.69) is 5.32 Å². The molecule has 0 saturated heterocycles. The molecule has 0 aliphatic rings. The first-order valence-electron chi connectivity index (χ1n) is 8.14. The Bertz CT molecular complexity index is 877. The van der Waals surface area contributed by atoms with Gasteiger partial charge in [-0.05, 0) is 55.0 Å². The van der Waals surface area contributed by atoms with Gasteiger partial charge in [0.05, 0.1) is 5.02 Å². The molecule has 1 N–H and O–H groups in total. The van der Waals surface area contributed by atoms with Gasteiger partial charge in [0.2, 0.25) is 0 Å². The van der Waals surface area contributed by atoms with Crippen LogP contribution in [0.15, 0.2) is 67.0 Å². The molecule has 0 spiro atoms. The predicted molar refractivity (Wildman–Crippen MR) is 104 cm³/mol. The molecule has 3 rings (SSSR count). The van der Waals surface area contributed by atoms with Crippen molar-refractivity contribution in [2.24, 2.45) is 0 Å². The van der Waals surface area contributed by atoms with Crippen molar-refractivity contribution in [3.05, 3.63) is 82.6 Å². The quantitative estimate of drug-likeness (QED) is 0.654. The third-order valence-corrected chi connectivity index (χ3v) is 4.40. The third-order valence-electron chi connectivity index (χ3n) is 3.87. The standard InChI is InChI=1S/C20H18Cl2N2O2/c1-14(26-19-9-6-16(21)12-18(19)22)20(25)23-13-15-4-7-17(8-5-15)24-10-2-3-11-24/h2-12,14H,13H2,1H3,(H,23,25). The molecule has 0 aliphatic carbocycles. The molecule has 4 nitrogen and oxygen atoms in total. The molecule has 6 heteroatoms. The maximum absolute atomic E-state index is 12.2. The Kier molecular flexibility index (Phi) is 5.86. The van der Waals surface area contributed by atoms with Crippen LogP contribution in [0.1, 0.15) is 12.5 Å². The lowest BCUT2D eigenvalue weighted by Crippen LogP contribution is -2.35. The SMILES string of the molecule is CC(Oc1ccc(Cl)cc1Cl)C(=O)NCc1ccc(-n2cccc2)cc1. The molecule has 1 atom stereocenters. The van der Waals surface area contributed by atoms with Crippen molar-refractivity contribution >= 4 is 29.1 Å². The van der Waals surface area contributed by atoms with E-state index in [0.717, 1.165) is 11.3 Å². The van der Waals surface area contributed by atoms with E-state index in [1.165, 1.54) is 0 Å². The number of hydrogen-bond donors (Lipinski definition) is 1. The van der Waals surface area contributed by atoms with E-state index in [4.69, 9.17) is 27.9 Å². The fourth-order valence-electron chi connectivity index (χ4n) is 2.44. The minimum atomic E-state index is -0.673. The summed E-state index contributed by atoms with van der Waals surface area (Å²) in [4.78, 5) is 12.2. The number of ether oxygens (including phenoxy) is 1. The smallest absolute Gasteiger partial charge is 0.261 e. The highest BCUT2D eigenvalue weighted by Crippen LogP contribution is 2.28. The molecule has 0 bridgehead atoms. The number of nitrogens with zero attached hydrogens (tertiary/aromatic N) is 1. The fourth-order valence-corrected chi connectivity index (χ4v) is 2.89. The van der Waals surface area contributed by atoms with E-state index in [9.17, 15) is 4.79 Å². The number of hydrogen-bond acceptors (Lipinski definition) is 2. The van der Waals surface area contributed by atoms with E-state index < -0.39 is 6.10 Å². The Labute approximate surface area is 162 Å². The number of halogens is 2. The van der Waals surface area contributed by atoms with E-state index in [1.807, 2.05) is 53.4 Å². The van der Waals surface area contributed by atoms with Crippen LogP contribution in [0.3, 0.4) is 0 Å². The van der Waals surface area contributed by atoms with Crippen molar-refractivity contribution in [2.75, 3.05) is 0 Å². The Morgan fingerprint density at radius 1 is 1.12 bits per heavy atom. The molecule has 1 aromatic heterocycles. The van der Waals surface area contributed by atoms with Gasteiger partial charge < -0.3 is 14.6 Å². The minimum Gasteiger partial charge on any atom is -0.479 e. The molecule has 0 saturated carbocycles. The first-order chi connectivity index (χ1) is 12.5. The van der Waals surface area contributed by atoms with Gasteiger partial charge in [0.1, 0.15) is 5.75 Å². The van der Waals surface area contributed by atoms with E-state index in [1.54, 1.807) is 25.1 Å². The van der Waals surface area contributed by atoms with Gasteiger partial charge in [-0.15, -0.1) is 0 Å². The highest BCUT2D eigenvalue weighted by Gasteiger charge is 2.16. The number of amides is 1. The van der Waals surface area contributed by atoms with Crippen molar-refractivity contribution in [3.8, 4) is 11.4 Å². The Hall–Kier alpha value is -2.43. The Balaban J connectivity index is 1.54. The predicted octanol–water partition coefficient (Wildman–Crippen LogP) is 4.87. The van der Waals surface area contributed by atoms with Crippen LogP contribution >= 0.6 is 23.2 Å². The maximum Gasteiger partial charge on any atom is 0.261 e. The van der Waals surface area contributed by atoms with Gasteiger partial charge in [-0.25, -0.2) is 0 Å². The van der Waals surface area contributed by atoms with Crippen LogP contribution in [0.4, 0.5) is 0 Å². The van der Waals surface area contributed by atoms with Crippen LogP contribution in [-0.2, 0) is 11.3 Å². The molecular weight excluding hydrogens is 371 g/mol. The first-order valence-corrected chi connectivity index (χ1v) is 8.90. The molecule has 26 heavy (non-hydrogen) atoms. The number of nitrogens with one attached hydrogen (secondary N) is 1. The second kappa shape index (κ2) is 8.30. The van der Waals surface area contributed by atoms with Crippen LogP contribution in [0.2, 0.25) is 10.0 Å². The van der Waals surface area contributed by atoms with E-state index in [-0.39, 0.29) is 5.91 Å². The molecule has 1 amide bonds. The van der Waals surface area contributed by atoms with Crippen molar-refractivity contribution < 1.29 is 9.53 Å². The topological polar surface area (TPSA) is 43.3 Å². The lowest BCUT2D eigenvalue weighted by Gasteiger charge is -2.16. The molecule has 0 fully saturated rings. The van der Waals surface area contributed by atoms with Gasteiger partial charge >= 0.3 is 0 Å². The van der Waals surface area contributed by atoms with Crippen LogP contribution in [-0.4, -0.2) is 16.6 Å². The average molecular weight is 389 g/mol. The Morgan fingerprint density at radius 2 is 1.81 bits per heavy atom. The van der Waals surface area contributed by atoms with Crippen LogP contribution < -0.4 is 10.1 Å². The summed E-state index contributed by atoms with van der Waals surface area (Å²) in [7, 11) is 0. The van der Waals surface area contributed by atoms with Crippen LogP contribution in [0.25, 0.3) is 5.69 Å². The normalized spacial score (nSPS) is 11.8. The molecule has 134 valence electrons. The van der Waals surface area contributed by atoms with E-state index >= 15 is 0 Å². The minimum absolute atomic E-state index is 0.217. The van der Waals surface area contributed by atoms with Crippen LogP contribution in [0.5, 0.6) is 5.75 Å². The summed E-state index contributed by atoms with van der Waals surface area (Å²) in [6.45, 7) is 2.10. The molecule has 0 aliphatic heterocycles. The van der Waals surface area contributed by atoms with Crippen molar-refractivity contribution in [3.63, 3.8) is 0 Å². The van der Waals surface area contributed by atoms with Gasteiger partial charge in [0.15, 0.2) is 6.10 Å². The van der Waals surface area contributed by atoms with Crippen molar-refractivity contribution in [2.45, 2.75) is 19.6 Å². The first kappa shape index (κ1) is 18.4. The zero-order valence-electron chi connectivity index (χ0n) is 14.2. The fraction of sp³-hybridized carbons (Fsp3) is 0.150. The number of carbonyl (C=O) groups excluding carboxylic acids is 1. The molecular formula is C20H18Cl2N2O2. The number of aromatic nitrogens is 1. The summed E-state index contributed by atoms with van der Waals surface area (Å²) in [6.07, 6.45) is 3.29. The number of rotatable bonds is 6. The number of carbonyl (C=O) groups is 1. The summed E-state index contributed by atoms with van der Waals surface area (Å²) in [6, 6.07) is 16.8. The molecule has 3 aromatic rings.